The Labute approximate surface area is 161 Å². The van der Waals surface area contributed by atoms with E-state index in [1.165, 1.54) is 4.88 Å². The molecule has 1 saturated heterocycles. The van der Waals surface area contributed by atoms with Crippen LogP contribution in [0.3, 0.4) is 0 Å². The zero-order valence-electron chi connectivity index (χ0n) is 14.2. The SMILES string of the molecule is O=C(C=Cc1ccc2c(c1)OCO2)N1CCN(Cc2ccc(Cl)s2)CC1. The Morgan fingerprint density at radius 2 is 1.92 bits per heavy atom. The summed E-state index contributed by atoms with van der Waals surface area (Å²) in [6.45, 7) is 4.38. The predicted molar refractivity (Wildman–Crippen MR) is 103 cm³/mol. The van der Waals surface area contributed by atoms with E-state index in [1.54, 1.807) is 17.4 Å². The topological polar surface area (TPSA) is 42.0 Å². The van der Waals surface area contributed by atoms with E-state index in [4.69, 9.17) is 21.1 Å². The fraction of sp³-hybridized carbons (Fsp3) is 0.316. The van der Waals surface area contributed by atoms with Gasteiger partial charge in [-0.05, 0) is 35.9 Å². The van der Waals surface area contributed by atoms with Gasteiger partial charge in [0.1, 0.15) is 0 Å². The third-order valence-electron chi connectivity index (χ3n) is 4.51. The number of carbonyl (C=O) groups excluding carboxylic acids is 1. The number of ether oxygens (including phenoxy) is 2. The first kappa shape index (κ1) is 17.4. The Balaban J connectivity index is 1.29. The first-order valence-corrected chi connectivity index (χ1v) is 9.70. The van der Waals surface area contributed by atoms with E-state index >= 15 is 0 Å². The number of carbonyl (C=O) groups is 1. The molecule has 3 heterocycles. The van der Waals surface area contributed by atoms with Crippen molar-refractivity contribution in [1.82, 2.24) is 9.80 Å². The summed E-state index contributed by atoms with van der Waals surface area (Å²) in [5.41, 5.74) is 0.927. The zero-order valence-corrected chi connectivity index (χ0v) is 15.8. The number of rotatable bonds is 4. The van der Waals surface area contributed by atoms with Crippen molar-refractivity contribution in [3.05, 3.63) is 51.2 Å². The van der Waals surface area contributed by atoms with Crippen LogP contribution in [0.2, 0.25) is 4.34 Å². The molecule has 2 aromatic rings. The van der Waals surface area contributed by atoms with Gasteiger partial charge in [0.05, 0.1) is 4.34 Å². The van der Waals surface area contributed by atoms with E-state index in [2.05, 4.69) is 11.0 Å². The molecule has 0 spiro atoms. The van der Waals surface area contributed by atoms with Crippen molar-refractivity contribution in [3.8, 4) is 11.5 Å². The van der Waals surface area contributed by atoms with Gasteiger partial charge in [-0.25, -0.2) is 0 Å². The molecule has 0 unspecified atom stereocenters. The summed E-state index contributed by atoms with van der Waals surface area (Å²) in [5, 5.41) is 0. The molecule has 0 bridgehead atoms. The maximum absolute atomic E-state index is 12.4. The van der Waals surface area contributed by atoms with E-state index in [9.17, 15) is 4.79 Å². The largest absolute Gasteiger partial charge is 0.454 e. The van der Waals surface area contributed by atoms with Crippen LogP contribution in [0.5, 0.6) is 11.5 Å². The molecule has 0 atom stereocenters. The van der Waals surface area contributed by atoms with Crippen LogP contribution >= 0.6 is 22.9 Å². The van der Waals surface area contributed by atoms with Crippen LogP contribution in [0.15, 0.2) is 36.4 Å². The second kappa shape index (κ2) is 7.70. The molecular weight excluding hydrogens is 372 g/mol. The number of fused-ring (bicyclic) bond motifs is 1. The third kappa shape index (κ3) is 4.03. The Bertz CT molecular complexity index is 828. The van der Waals surface area contributed by atoms with Crippen molar-refractivity contribution in [2.75, 3.05) is 33.0 Å². The summed E-state index contributed by atoms with van der Waals surface area (Å²) >= 11 is 7.60. The maximum Gasteiger partial charge on any atom is 0.246 e. The van der Waals surface area contributed by atoms with Gasteiger partial charge in [0.15, 0.2) is 11.5 Å². The molecule has 2 aliphatic heterocycles. The molecule has 136 valence electrons. The van der Waals surface area contributed by atoms with Gasteiger partial charge in [0.2, 0.25) is 12.7 Å². The maximum atomic E-state index is 12.4. The van der Waals surface area contributed by atoms with E-state index in [0.29, 0.717) is 0 Å². The van der Waals surface area contributed by atoms with E-state index in [0.717, 1.165) is 54.1 Å². The van der Waals surface area contributed by atoms with Gasteiger partial charge in [0, 0.05) is 43.7 Å². The van der Waals surface area contributed by atoms with E-state index in [1.807, 2.05) is 35.2 Å². The molecule has 1 fully saturated rings. The first-order chi connectivity index (χ1) is 12.7. The Kier molecular flexibility index (Phi) is 5.15. The number of nitrogens with zero attached hydrogens (tertiary/aromatic N) is 2. The lowest BCUT2D eigenvalue weighted by atomic mass is 10.2. The fourth-order valence-electron chi connectivity index (χ4n) is 3.07. The second-order valence-corrected chi connectivity index (χ2v) is 8.05. The van der Waals surface area contributed by atoms with Crippen LogP contribution in [-0.4, -0.2) is 48.7 Å². The van der Waals surface area contributed by atoms with E-state index in [-0.39, 0.29) is 12.7 Å². The van der Waals surface area contributed by atoms with Gasteiger partial charge in [-0.2, -0.15) is 0 Å². The standard InChI is InChI=1S/C19H19ClN2O3S/c20-18-5-3-15(26-18)12-21-7-9-22(10-8-21)19(23)6-2-14-1-4-16-17(11-14)25-13-24-16/h1-6,11H,7-10,12-13H2. The van der Waals surface area contributed by atoms with E-state index < -0.39 is 0 Å². The minimum absolute atomic E-state index is 0.0430. The van der Waals surface area contributed by atoms with Gasteiger partial charge in [-0.15, -0.1) is 11.3 Å². The minimum Gasteiger partial charge on any atom is -0.454 e. The fourth-order valence-corrected chi connectivity index (χ4v) is 4.20. The summed E-state index contributed by atoms with van der Waals surface area (Å²) in [6, 6.07) is 9.67. The monoisotopic (exact) mass is 390 g/mol. The Morgan fingerprint density at radius 3 is 2.69 bits per heavy atom. The molecule has 26 heavy (non-hydrogen) atoms. The third-order valence-corrected chi connectivity index (χ3v) is 5.72. The molecule has 0 N–H and O–H groups in total. The van der Waals surface area contributed by atoms with Crippen molar-refractivity contribution in [3.63, 3.8) is 0 Å². The highest BCUT2D eigenvalue weighted by Gasteiger charge is 2.20. The summed E-state index contributed by atoms with van der Waals surface area (Å²) in [5.74, 6) is 1.51. The molecule has 1 aromatic heterocycles. The summed E-state index contributed by atoms with van der Waals surface area (Å²) < 4.78 is 11.5. The summed E-state index contributed by atoms with van der Waals surface area (Å²) in [7, 11) is 0. The van der Waals surface area contributed by atoms with Crippen molar-refractivity contribution >= 4 is 34.9 Å². The minimum atomic E-state index is 0.0430. The number of hydrogen-bond acceptors (Lipinski definition) is 5. The van der Waals surface area contributed by atoms with Gasteiger partial charge < -0.3 is 14.4 Å². The molecule has 4 rings (SSSR count). The Hall–Kier alpha value is -2.02. The second-order valence-electron chi connectivity index (χ2n) is 6.25. The van der Waals surface area contributed by atoms with Crippen molar-refractivity contribution in [2.45, 2.75) is 6.54 Å². The summed E-state index contributed by atoms with van der Waals surface area (Å²) in [4.78, 5) is 17.9. The predicted octanol–water partition coefficient (Wildman–Crippen LogP) is 3.49. The molecule has 1 amide bonds. The highest BCUT2D eigenvalue weighted by Crippen LogP contribution is 2.32. The van der Waals surface area contributed by atoms with Crippen LogP contribution in [0.25, 0.3) is 6.08 Å². The molecule has 2 aliphatic rings. The van der Waals surface area contributed by atoms with Gasteiger partial charge in [0.25, 0.3) is 0 Å². The molecule has 7 heteroatoms. The number of halogens is 1. The van der Waals surface area contributed by atoms with Crippen LogP contribution in [0, 0.1) is 0 Å². The van der Waals surface area contributed by atoms with Crippen molar-refractivity contribution < 1.29 is 14.3 Å². The molecule has 0 aliphatic carbocycles. The molecule has 5 nitrogen and oxygen atoms in total. The number of piperazine rings is 1. The lowest BCUT2D eigenvalue weighted by Crippen LogP contribution is -2.47. The molecule has 0 radical (unpaired) electrons. The number of amides is 1. The van der Waals surface area contributed by atoms with Crippen molar-refractivity contribution in [2.24, 2.45) is 0 Å². The molecule has 0 saturated carbocycles. The average molecular weight is 391 g/mol. The van der Waals surface area contributed by atoms with Gasteiger partial charge in [-0.1, -0.05) is 17.7 Å². The van der Waals surface area contributed by atoms with Crippen LogP contribution in [-0.2, 0) is 11.3 Å². The lowest BCUT2D eigenvalue weighted by Gasteiger charge is -2.33. The zero-order chi connectivity index (χ0) is 17.9. The first-order valence-electron chi connectivity index (χ1n) is 8.50. The highest BCUT2D eigenvalue weighted by atomic mass is 35.5. The molecular formula is C19H19ClN2O3S. The highest BCUT2D eigenvalue weighted by molar-refractivity contribution is 7.16. The van der Waals surface area contributed by atoms with Crippen molar-refractivity contribution in [1.29, 1.82) is 0 Å². The number of benzene rings is 1. The van der Waals surface area contributed by atoms with Gasteiger partial charge in [-0.3, -0.25) is 9.69 Å². The van der Waals surface area contributed by atoms with Gasteiger partial charge >= 0.3 is 0 Å². The lowest BCUT2D eigenvalue weighted by molar-refractivity contribution is -0.127. The van der Waals surface area contributed by atoms with Crippen LogP contribution in [0.1, 0.15) is 10.4 Å². The number of thiophene rings is 1. The van der Waals surface area contributed by atoms with Crippen LogP contribution in [0.4, 0.5) is 0 Å². The average Bonchev–Trinajstić information content (AvgIpc) is 3.28. The summed E-state index contributed by atoms with van der Waals surface area (Å²) in [6.07, 6.45) is 3.45. The smallest absolute Gasteiger partial charge is 0.246 e. The Morgan fingerprint density at radius 1 is 1.12 bits per heavy atom. The molecule has 1 aromatic carbocycles. The quantitative estimate of drug-likeness (QED) is 0.749. The normalized spacial score (nSPS) is 17.2. The van der Waals surface area contributed by atoms with Crippen LogP contribution < -0.4 is 9.47 Å². The number of hydrogen-bond donors (Lipinski definition) is 0.